The van der Waals surface area contributed by atoms with Crippen LogP contribution < -0.4 is 5.32 Å². The lowest BCUT2D eigenvalue weighted by molar-refractivity contribution is 0.0683. The Kier molecular flexibility index (Phi) is 5.02. The summed E-state index contributed by atoms with van der Waals surface area (Å²) in [7, 11) is 1.90. The van der Waals surface area contributed by atoms with Gasteiger partial charge in [0.1, 0.15) is 6.26 Å². The second kappa shape index (κ2) is 6.75. The van der Waals surface area contributed by atoms with E-state index in [1.807, 2.05) is 11.9 Å². The summed E-state index contributed by atoms with van der Waals surface area (Å²) in [5, 5.41) is 3.57. The standard InChI is InChI=1S/C15H24N2O2/c1-3-9-16-13-4-6-14(7-5-13)17(2)15(18)12-8-10-19-11-12/h8,10-11,13-14,16H,3-7,9H2,1-2H3. The SMILES string of the molecule is CCCNC1CCC(N(C)C(=O)c2ccoc2)CC1. The molecule has 19 heavy (non-hydrogen) atoms. The number of amides is 1. The normalized spacial score (nSPS) is 23.3. The van der Waals surface area contributed by atoms with Crippen molar-refractivity contribution in [3.8, 4) is 0 Å². The lowest BCUT2D eigenvalue weighted by atomic mass is 9.90. The Morgan fingerprint density at radius 2 is 2.16 bits per heavy atom. The molecule has 0 aromatic carbocycles. The minimum absolute atomic E-state index is 0.0683. The summed E-state index contributed by atoms with van der Waals surface area (Å²) in [6.45, 7) is 3.29. The molecule has 1 aliphatic rings. The molecule has 1 aromatic heterocycles. The molecule has 1 fully saturated rings. The summed E-state index contributed by atoms with van der Waals surface area (Å²) in [6.07, 6.45) is 8.74. The van der Waals surface area contributed by atoms with Crippen molar-refractivity contribution in [2.24, 2.45) is 0 Å². The minimum Gasteiger partial charge on any atom is -0.472 e. The van der Waals surface area contributed by atoms with Crippen molar-refractivity contribution in [1.29, 1.82) is 0 Å². The Morgan fingerprint density at radius 1 is 1.42 bits per heavy atom. The van der Waals surface area contributed by atoms with Crippen LogP contribution in [0, 0.1) is 0 Å². The average Bonchev–Trinajstić information content (AvgIpc) is 2.98. The van der Waals surface area contributed by atoms with Crippen LogP contribution in [-0.2, 0) is 0 Å². The zero-order valence-corrected chi connectivity index (χ0v) is 11.9. The molecular formula is C15H24N2O2. The first-order valence-corrected chi connectivity index (χ1v) is 7.25. The number of hydrogen-bond donors (Lipinski definition) is 1. The van der Waals surface area contributed by atoms with Gasteiger partial charge in [-0.3, -0.25) is 4.79 Å². The highest BCUT2D eigenvalue weighted by atomic mass is 16.3. The van der Waals surface area contributed by atoms with E-state index in [9.17, 15) is 4.79 Å². The van der Waals surface area contributed by atoms with E-state index < -0.39 is 0 Å². The summed E-state index contributed by atoms with van der Waals surface area (Å²) in [5.74, 6) is 0.0683. The zero-order chi connectivity index (χ0) is 13.7. The number of hydrogen-bond acceptors (Lipinski definition) is 3. The second-order valence-corrected chi connectivity index (χ2v) is 5.39. The fourth-order valence-corrected chi connectivity index (χ4v) is 2.77. The molecule has 1 aliphatic carbocycles. The van der Waals surface area contributed by atoms with Crippen molar-refractivity contribution >= 4 is 5.91 Å². The van der Waals surface area contributed by atoms with E-state index in [0.29, 0.717) is 17.6 Å². The lowest BCUT2D eigenvalue weighted by Gasteiger charge is -2.35. The van der Waals surface area contributed by atoms with Gasteiger partial charge in [0.25, 0.3) is 5.91 Å². The van der Waals surface area contributed by atoms with Crippen LogP contribution in [-0.4, -0.2) is 36.5 Å². The van der Waals surface area contributed by atoms with Crippen molar-refractivity contribution in [3.63, 3.8) is 0 Å². The Bertz CT molecular complexity index is 381. The Labute approximate surface area is 115 Å². The molecule has 0 bridgehead atoms. The fraction of sp³-hybridized carbons (Fsp3) is 0.667. The molecule has 1 amide bonds. The van der Waals surface area contributed by atoms with Crippen LogP contribution in [0.4, 0.5) is 0 Å². The molecule has 2 rings (SSSR count). The second-order valence-electron chi connectivity index (χ2n) is 5.39. The maximum Gasteiger partial charge on any atom is 0.257 e. The van der Waals surface area contributed by atoms with E-state index in [2.05, 4.69) is 12.2 Å². The van der Waals surface area contributed by atoms with Gasteiger partial charge in [0.15, 0.2) is 0 Å². The van der Waals surface area contributed by atoms with Crippen LogP contribution in [0.3, 0.4) is 0 Å². The van der Waals surface area contributed by atoms with E-state index in [1.165, 1.54) is 12.7 Å². The number of carbonyl (C=O) groups is 1. The van der Waals surface area contributed by atoms with Crippen molar-refractivity contribution in [2.75, 3.05) is 13.6 Å². The molecule has 0 aliphatic heterocycles. The Hall–Kier alpha value is -1.29. The highest BCUT2D eigenvalue weighted by Gasteiger charge is 2.26. The third-order valence-corrected chi connectivity index (χ3v) is 4.02. The van der Waals surface area contributed by atoms with Gasteiger partial charge >= 0.3 is 0 Å². The first-order chi connectivity index (χ1) is 9.22. The van der Waals surface area contributed by atoms with Gasteiger partial charge in [-0.05, 0) is 44.7 Å². The minimum atomic E-state index is 0.0683. The molecule has 4 nitrogen and oxygen atoms in total. The maximum atomic E-state index is 12.2. The highest BCUT2D eigenvalue weighted by Crippen LogP contribution is 2.23. The van der Waals surface area contributed by atoms with Gasteiger partial charge in [0.05, 0.1) is 11.8 Å². The molecule has 0 atom stereocenters. The van der Waals surface area contributed by atoms with Gasteiger partial charge in [-0.25, -0.2) is 0 Å². The summed E-state index contributed by atoms with van der Waals surface area (Å²) in [4.78, 5) is 14.1. The third-order valence-electron chi connectivity index (χ3n) is 4.02. The molecule has 0 saturated heterocycles. The van der Waals surface area contributed by atoms with E-state index in [4.69, 9.17) is 4.42 Å². The summed E-state index contributed by atoms with van der Waals surface area (Å²) in [6, 6.07) is 2.73. The largest absolute Gasteiger partial charge is 0.472 e. The molecule has 0 spiro atoms. The molecule has 4 heteroatoms. The number of nitrogens with zero attached hydrogens (tertiary/aromatic N) is 1. The fourth-order valence-electron chi connectivity index (χ4n) is 2.77. The topological polar surface area (TPSA) is 45.5 Å². The van der Waals surface area contributed by atoms with Crippen LogP contribution >= 0.6 is 0 Å². The molecule has 0 radical (unpaired) electrons. The predicted octanol–water partition coefficient (Wildman–Crippen LogP) is 2.66. The first-order valence-electron chi connectivity index (χ1n) is 7.25. The summed E-state index contributed by atoms with van der Waals surface area (Å²) >= 11 is 0. The van der Waals surface area contributed by atoms with Crippen LogP contribution in [0.15, 0.2) is 23.0 Å². The first kappa shape index (κ1) is 14.1. The van der Waals surface area contributed by atoms with Crippen LogP contribution in [0.2, 0.25) is 0 Å². The van der Waals surface area contributed by atoms with E-state index in [-0.39, 0.29) is 5.91 Å². The maximum absolute atomic E-state index is 12.2. The van der Waals surface area contributed by atoms with Gasteiger partial charge in [-0.15, -0.1) is 0 Å². The smallest absolute Gasteiger partial charge is 0.257 e. The third kappa shape index (κ3) is 3.60. The molecule has 0 unspecified atom stereocenters. The molecule has 1 aromatic rings. The van der Waals surface area contributed by atoms with E-state index in [0.717, 1.165) is 32.2 Å². The van der Waals surface area contributed by atoms with Crippen LogP contribution in [0.1, 0.15) is 49.4 Å². The molecule has 106 valence electrons. The molecule has 1 N–H and O–H groups in total. The molecule has 1 heterocycles. The summed E-state index contributed by atoms with van der Waals surface area (Å²) in [5.41, 5.74) is 0.647. The van der Waals surface area contributed by atoms with Gasteiger partial charge < -0.3 is 14.6 Å². The van der Waals surface area contributed by atoms with Crippen LogP contribution in [0.5, 0.6) is 0 Å². The van der Waals surface area contributed by atoms with Crippen molar-refractivity contribution in [3.05, 3.63) is 24.2 Å². The van der Waals surface area contributed by atoms with Gasteiger partial charge in [0.2, 0.25) is 0 Å². The zero-order valence-electron chi connectivity index (χ0n) is 11.9. The van der Waals surface area contributed by atoms with Gasteiger partial charge in [0, 0.05) is 19.1 Å². The Balaban J connectivity index is 1.82. The molecule has 1 saturated carbocycles. The Morgan fingerprint density at radius 3 is 2.74 bits per heavy atom. The number of nitrogens with one attached hydrogen (secondary N) is 1. The summed E-state index contributed by atoms with van der Waals surface area (Å²) < 4.78 is 4.98. The molecular weight excluding hydrogens is 240 g/mol. The quantitative estimate of drug-likeness (QED) is 0.889. The van der Waals surface area contributed by atoms with Crippen molar-refractivity contribution < 1.29 is 9.21 Å². The van der Waals surface area contributed by atoms with E-state index in [1.54, 1.807) is 12.3 Å². The van der Waals surface area contributed by atoms with Crippen LogP contribution in [0.25, 0.3) is 0 Å². The van der Waals surface area contributed by atoms with Crippen molar-refractivity contribution in [2.45, 2.75) is 51.1 Å². The van der Waals surface area contributed by atoms with Gasteiger partial charge in [-0.2, -0.15) is 0 Å². The predicted molar refractivity (Wildman–Crippen MR) is 75.1 cm³/mol. The van der Waals surface area contributed by atoms with Gasteiger partial charge in [-0.1, -0.05) is 6.92 Å². The van der Waals surface area contributed by atoms with Crippen molar-refractivity contribution in [1.82, 2.24) is 10.2 Å². The van der Waals surface area contributed by atoms with E-state index >= 15 is 0 Å². The average molecular weight is 264 g/mol. The number of carbonyl (C=O) groups excluding carboxylic acids is 1. The lowest BCUT2D eigenvalue weighted by Crippen LogP contribution is -2.43. The number of furan rings is 1. The highest BCUT2D eigenvalue weighted by molar-refractivity contribution is 5.93. The monoisotopic (exact) mass is 264 g/mol. The number of rotatable bonds is 5.